The van der Waals surface area contributed by atoms with Gasteiger partial charge in [-0.25, -0.2) is 13.6 Å². The predicted octanol–water partition coefficient (Wildman–Crippen LogP) is 1.64. The van der Waals surface area contributed by atoms with Crippen LogP contribution in [0.1, 0.15) is 13.3 Å². The van der Waals surface area contributed by atoms with Crippen LogP contribution in [0.2, 0.25) is 0 Å². The second kappa shape index (κ2) is 4.88. The highest BCUT2D eigenvalue weighted by atomic mass is 32.2. The fourth-order valence-corrected chi connectivity index (χ4v) is 3.56. The highest BCUT2D eigenvalue weighted by molar-refractivity contribution is 8.00. The van der Waals surface area contributed by atoms with E-state index in [1.165, 1.54) is 12.1 Å². The standard InChI is InChI=1S/C11H16N2O2S2/c1-8-6-10(7-16-8)13-9-2-4-11(5-3-9)17(12,14)15/h2-5,8,10,13H,6-7H2,1H3,(H2,12,14,15). The fourth-order valence-electron chi connectivity index (χ4n) is 1.89. The average Bonchev–Trinajstić information content (AvgIpc) is 2.63. The van der Waals surface area contributed by atoms with E-state index < -0.39 is 10.0 Å². The quantitative estimate of drug-likeness (QED) is 0.877. The van der Waals surface area contributed by atoms with Crippen molar-refractivity contribution in [1.29, 1.82) is 0 Å². The predicted molar refractivity (Wildman–Crippen MR) is 71.8 cm³/mol. The lowest BCUT2D eigenvalue weighted by atomic mass is 10.2. The molecule has 2 atom stereocenters. The maximum absolute atomic E-state index is 11.1. The third kappa shape index (κ3) is 3.37. The minimum Gasteiger partial charge on any atom is -0.381 e. The van der Waals surface area contributed by atoms with Gasteiger partial charge in [-0.2, -0.15) is 11.8 Å². The van der Waals surface area contributed by atoms with Crippen LogP contribution in [-0.2, 0) is 10.0 Å². The number of nitrogens with two attached hydrogens (primary N) is 1. The summed E-state index contributed by atoms with van der Waals surface area (Å²) in [5, 5.41) is 9.12. The molecule has 0 radical (unpaired) electrons. The van der Waals surface area contributed by atoms with Crippen molar-refractivity contribution in [3.63, 3.8) is 0 Å². The molecule has 0 spiro atoms. The Labute approximate surface area is 106 Å². The third-order valence-electron chi connectivity index (χ3n) is 2.75. The Balaban J connectivity index is 2.04. The van der Waals surface area contributed by atoms with Crippen molar-refractivity contribution in [2.75, 3.05) is 11.1 Å². The van der Waals surface area contributed by atoms with Crippen LogP contribution in [0.15, 0.2) is 29.2 Å². The van der Waals surface area contributed by atoms with E-state index in [1.807, 2.05) is 11.8 Å². The van der Waals surface area contributed by atoms with Crippen LogP contribution in [0.5, 0.6) is 0 Å². The lowest BCUT2D eigenvalue weighted by Crippen LogP contribution is -2.19. The van der Waals surface area contributed by atoms with Crippen molar-refractivity contribution in [2.24, 2.45) is 5.14 Å². The molecule has 1 aliphatic rings. The normalized spacial score (nSPS) is 24.8. The van der Waals surface area contributed by atoms with E-state index in [-0.39, 0.29) is 4.90 Å². The van der Waals surface area contributed by atoms with Gasteiger partial charge in [0.2, 0.25) is 10.0 Å². The Morgan fingerprint density at radius 1 is 1.35 bits per heavy atom. The summed E-state index contributed by atoms with van der Waals surface area (Å²) in [4.78, 5) is 0.150. The van der Waals surface area contributed by atoms with Crippen LogP contribution in [0.4, 0.5) is 5.69 Å². The largest absolute Gasteiger partial charge is 0.381 e. The van der Waals surface area contributed by atoms with E-state index in [0.29, 0.717) is 11.3 Å². The van der Waals surface area contributed by atoms with E-state index in [2.05, 4.69) is 12.2 Å². The number of benzene rings is 1. The number of thioether (sulfide) groups is 1. The number of hydrogen-bond acceptors (Lipinski definition) is 4. The first-order chi connectivity index (χ1) is 7.95. The molecule has 1 heterocycles. The number of primary sulfonamides is 1. The van der Waals surface area contributed by atoms with Crippen molar-refractivity contribution in [3.05, 3.63) is 24.3 Å². The summed E-state index contributed by atoms with van der Waals surface area (Å²) in [6, 6.07) is 7.04. The SMILES string of the molecule is CC1CC(Nc2ccc(S(N)(=O)=O)cc2)CS1. The van der Waals surface area contributed by atoms with Crippen molar-refractivity contribution in [2.45, 2.75) is 29.5 Å². The zero-order valence-corrected chi connectivity index (χ0v) is 11.2. The molecule has 0 amide bonds. The number of nitrogens with one attached hydrogen (secondary N) is 1. The number of hydrogen-bond donors (Lipinski definition) is 2. The molecule has 0 saturated carbocycles. The van der Waals surface area contributed by atoms with Gasteiger partial charge in [0.25, 0.3) is 0 Å². The second-order valence-electron chi connectivity index (χ2n) is 4.29. The Bertz CT molecular complexity index is 485. The molecular weight excluding hydrogens is 256 g/mol. The summed E-state index contributed by atoms with van der Waals surface area (Å²) in [6.45, 7) is 2.22. The molecule has 1 saturated heterocycles. The molecule has 3 N–H and O–H groups in total. The van der Waals surface area contributed by atoms with E-state index >= 15 is 0 Å². The fraction of sp³-hybridized carbons (Fsp3) is 0.455. The molecule has 17 heavy (non-hydrogen) atoms. The summed E-state index contributed by atoms with van der Waals surface area (Å²) in [7, 11) is -3.59. The Kier molecular flexibility index (Phi) is 3.65. The van der Waals surface area contributed by atoms with Gasteiger partial charge in [-0.1, -0.05) is 6.92 Å². The van der Waals surface area contributed by atoms with E-state index in [1.54, 1.807) is 12.1 Å². The summed E-state index contributed by atoms with van der Waals surface area (Å²) >= 11 is 1.95. The van der Waals surface area contributed by atoms with Gasteiger partial charge in [0.05, 0.1) is 4.90 Å². The zero-order valence-electron chi connectivity index (χ0n) is 9.59. The van der Waals surface area contributed by atoms with Crippen LogP contribution >= 0.6 is 11.8 Å². The molecule has 6 heteroatoms. The molecule has 1 aliphatic heterocycles. The molecule has 94 valence electrons. The molecule has 2 rings (SSSR count). The highest BCUT2D eigenvalue weighted by Gasteiger charge is 2.21. The molecule has 4 nitrogen and oxygen atoms in total. The second-order valence-corrected chi connectivity index (χ2v) is 7.32. The first kappa shape index (κ1) is 12.7. The first-order valence-corrected chi connectivity index (χ1v) is 8.05. The molecular formula is C11H16N2O2S2. The van der Waals surface area contributed by atoms with Crippen LogP contribution in [-0.4, -0.2) is 25.5 Å². The molecule has 1 aromatic carbocycles. The van der Waals surface area contributed by atoms with Gasteiger partial charge >= 0.3 is 0 Å². The van der Waals surface area contributed by atoms with Crippen LogP contribution < -0.4 is 10.5 Å². The highest BCUT2D eigenvalue weighted by Crippen LogP contribution is 2.28. The Morgan fingerprint density at radius 3 is 2.47 bits per heavy atom. The van der Waals surface area contributed by atoms with Gasteiger partial charge in [-0.3, -0.25) is 0 Å². The average molecular weight is 272 g/mol. The minimum atomic E-state index is -3.59. The number of sulfonamides is 1. The van der Waals surface area contributed by atoms with E-state index in [4.69, 9.17) is 5.14 Å². The van der Waals surface area contributed by atoms with Crippen molar-refractivity contribution >= 4 is 27.5 Å². The minimum absolute atomic E-state index is 0.150. The van der Waals surface area contributed by atoms with E-state index in [0.717, 1.165) is 17.9 Å². The van der Waals surface area contributed by atoms with Gasteiger partial charge < -0.3 is 5.32 Å². The lowest BCUT2D eigenvalue weighted by molar-refractivity contribution is 0.598. The number of rotatable bonds is 3. The van der Waals surface area contributed by atoms with Crippen molar-refractivity contribution in [1.82, 2.24) is 0 Å². The van der Waals surface area contributed by atoms with Gasteiger partial charge in [0.15, 0.2) is 0 Å². The summed E-state index contributed by atoms with van der Waals surface area (Å²) in [5.74, 6) is 1.10. The van der Waals surface area contributed by atoms with Crippen LogP contribution in [0, 0.1) is 0 Å². The van der Waals surface area contributed by atoms with E-state index in [9.17, 15) is 8.42 Å². The molecule has 1 aromatic rings. The third-order valence-corrected chi connectivity index (χ3v) is 5.04. The maximum atomic E-state index is 11.1. The summed E-state index contributed by atoms with van der Waals surface area (Å²) in [6.07, 6.45) is 1.14. The van der Waals surface area contributed by atoms with Crippen molar-refractivity contribution in [3.8, 4) is 0 Å². The van der Waals surface area contributed by atoms with Gasteiger partial charge in [0.1, 0.15) is 0 Å². The zero-order chi connectivity index (χ0) is 12.5. The first-order valence-electron chi connectivity index (χ1n) is 5.46. The molecule has 0 aromatic heterocycles. The monoisotopic (exact) mass is 272 g/mol. The van der Waals surface area contributed by atoms with Gasteiger partial charge in [-0.15, -0.1) is 0 Å². The lowest BCUT2D eigenvalue weighted by Gasteiger charge is -2.13. The van der Waals surface area contributed by atoms with Gasteiger partial charge in [-0.05, 0) is 30.7 Å². The van der Waals surface area contributed by atoms with Crippen LogP contribution in [0.3, 0.4) is 0 Å². The summed E-state index contributed by atoms with van der Waals surface area (Å²) in [5.41, 5.74) is 0.942. The Morgan fingerprint density at radius 2 is 2.00 bits per heavy atom. The molecule has 2 unspecified atom stereocenters. The van der Waals surface area contributed by atoms with Gasteiger partial charge in [0, 0.05) is 22.7 Å². The smallest absolute Gasteiger partial charge is 0.238 e. The number of anilines is 1. The van der Waals surface area contributed by atoms with Crippen molar-refractivity contribution < 1.29 is 8.42 Å². The molecule has 1 fully saturated rings. The maximum Gasteiger partial charge on any atom is 0.238 e. The van der Waals surface area contributed by atoms with Crippen LogP contribution in [0.25, 0.3) is 0 Å². The Hall–Kier alpha value is -0.720. The molecule has 0 bridgehead atoms. The summed E-state index contributed by atoms with van der Waals surface area (Å²) < 4.78 is 22.2. The molecule has 0 aliphatic carbocycles. The topological polar surface area (TPSA) is 72.2 Å².